The average molecular weight is 322 g/mol. The molecule has 96 valence electrons. The molecule has 0 amide bonds. The lowest BCUT2D eigenvalue weighted by molar-refractivity contribution is 0.339. The lowest BCUT2D eigenvalue weighted by Crippen LogP contribution is -2.12. The Bertz CT molecular complexity index is 474. The molecule has 0 aromatic heterocycles. The van der Waals surface area contributed by atoms with Gasteiger partial charge in [0.2, 0.25) is 0 Å². The van der Waals surface area contributed by atoms with Crippen LogP contribution in [0, 0.1) is 0 Å². The fourth-order valence-electron chi connectivity index (χ4n) is 1.28. The number of benzene rings is 1. The van der Waals surface area contributed by atoms with Crippen LogP contribution in [-0.2, 0) is 16.4 Å². The first kappa shape index (κ1) is 14.5. The Morgan fingerprint density at radius 3 is 2.65 bits per heavy atom. The molecule has 0 spiro atoms. The van der Waals surface area contributed by atoms with Crippen LogP contribution in [0.25, 0.3) is 0 Å². The number of hydrogen-bond donors (Lipinski definition) is 1. The Balaban J connectivity index is 2.60. The minimum absolute atomic E-state index is 0.0255. The van der Waals surface area contributed by atoms with Gasteiger partial charge in [-0.15, -0.1) is 0 Å². The van der Waals surface area contributed by atoms with Crippen molar-refractivity contribution in [3.8, 4) is 5.75 Å². The lowest BCUT2D eigenvalue weighted by atomic mass is 10.2. The van der Waals surface area contributed by atoms with E-state index >= 15 is 0 Å². The van der Waals surface area contributed by atoms with Crippen molar-refractivity contribution in [3.05, 3.63) is 28.2 Å². The first-order chi connectivity index (χ1) is 7.92. The van der Waals surface area contributed by atoms with Crippen molar-refractivity contribution in [3.63, 3.8) is 0 Å². The number of hydrogen-bond acceptors (Lipinski definition) is 4. The summed E-state index contributed by atoms with van der Waals surface area (Å²) < 4.78 is 28.1. The van der Waals surface area contributed by atoms with Crippen LogP contribution in [0.4, 0.5) is 0 Å². The van der Waals surface area contributed by atoms with Gasteiger partial charge in [-0.3, -0.25) is 0 Å². The van der Waals surface area contributed by atoms with E-state index in [0.29, 0.717) is 5.75 Å². The maximum absolute atomic E-state index is 10.9. The second kappa shape index (κ2) is 6.37. The molecule has 0 bridgehead atoms. The third-order valence-electron chi connectivity index (χ3n) is 2.09. The summed E-state index contributed by atoms with van der Waals surface area (Å²) in [5, 5.41) is 3.05. The van der Waals surface area contributed by atoms with E-state index in [9.17, 15) is 8.42 Å². The molecular formula is C11H16BrNO3S. The highest BCUT2D eigenvalue weighted by Gasteiger charge is 2.05. The van der Waals surface area contributed by atoms with E-state index in [1.807, 2.05) is 25.2 Å². The summed E-state index contributed by atoms with van der Waals surface area (Å²) in [6.45, 7) is 0.949. The standard InChI is InChI=1S/C11H16BrNO3S/c1-13-8-9-3-4-11(10(12)7-9)16-5-6-17(2,14)15/h3-4,7,13H,5-6,8H2,1-2H3. The van der Waals surface area contributed by atoms with Gasteiger partial charge in [-0.05, 0) is 40.7 Å². The van der Waals surface area contributed by atoms with Crippen molar-refractivity contribution in [1.29, 1.82) is 0 Å². The molecule has 0 saturated carbocycles. The van der Waals surface area contributed by atoms with E-state index in [4.69, 9.17) is 4.74 Å². The fourth-order valence-corrected chi connectivity index (χ4v) is 2.21. The molecule has 6 heteroatoms. The number of halogens is 1. The molecule has 1 rings (SSSR count). The van der Waals surface area contributed by atoms with Gasteiger partial charge in [0.1, 0.15) is 12.4 Å². The van der Waals surface area contributed by atoms with Gasteiger partial charge in [-0.2, -0.15) is 0 Å². The highest BCUT2D eigenvalue weighted by molar-refractivity contribution is 9.10. The van der Waals surface area contributed by atoms with E-state index in [2.05, 4.69) is 21.2 Å². The van der Waals surface area contributed by atoms with E-state index in [0.717, 1.165) is 16.6 Å². The van der Waals surface area contributed by atoms with Crippen molar-refractivity contribution >= 4 is 25.8 Å². The summed E-state index contributed by atoms with van der Waals surface area (Å²) >= 11 is 3.40. The minimum Gasteiger partial charge on any atom is -0.491 e. The van der Waals surface area contributed by atoms with Gasteiger partial charge in [-0.1, -0.05) is 6.07 Å². The number of ether oxygens (including phenoxy) is 1. The van der Waals surface area contributed by atoms with E-state index < -0.39 is 9.84 Å². The van der Waals surface area contributed by atoms with Gasteiger partial charge in [0.25, 0.3) is 0 Å². The molecule has 0 aliphatic carbocycles. The second-order valence-electron chi connectivity index (χ2n) is 3.77. The first-order valence-electron chi connectivity index (χ1n) is 5.16. The molecule has 0 aliphatic rings. The predicted molar refractivity (Wildman–Crippen MR) is 72.1 cm³/mol. The molecule has 17 heavy (non-hydrogen) atoms. The van der Waals surface area contributed by atoms with Crippen LogP contribution < -0.4 is 10.1 Å². The SMILES string of the molecule is CNCc1ccc(OCCS(C)(=O)=O)c(Br)c1. The average Bonchev–Trinajstić information content (AvgIpc) is 2.20. The smallest absolute Gasteiger partial charge is 0.150 e. The van der Waals surface area contributed by atoms with Crippen LogP contribution in [0.1, 0.15) is 5.56 Å². The maximum atomic E-state index is 10.9. The topological polar surface area (TPSA) is 55.4 Å². The predicted octanol–water partition coefficient (Wildman–Crippen LogP) is 1.59. The van der Waals surface area contributed by atoms with E-state index in [1.165, 1.54) is 6.26 Å². The number of rotatable bonds is 6. The van der Waals surface area contributed by atoms with E-state index in [1.54, 1.807) is 0 Å². The molecule has 0 aliphatic heterocycles. The third-order valence-corrected chi connectivity index (χ3v) is 3.62. The highest BCUT2D eigenvalue weighted by Crippen LogP contribution is 2.25. The van der Waals surface area contributed by atoms with Crippen molar-refractivity contribution in [2.75, 3.05) is 25.7 Å². The molecule has 0 atom stereocenters. The van der Waals surface area contributed by atoms with Crippen molar-refractivity contribution < 1.29 is 13.2 Å². The Hall–Kier alpha value is -0.590. The van der Waals surface area contributed by atoms with E-state index in [-0.39, 0.29) is 12.4 Å². The van der Waals surface area contributed by atoms with Crippen LogP contribution in [0.2, 0.25) is 0 Å². The molecule has 1 N–H and O–H groups in total. The molecule has 0 heterocycles. The van der Waals surface area contributed by atoms with Gasteiger partial charge in [0.15, 0.2) is 9.84 Å². The zero-order chi connectivity index (χ0) is 12.9. The molecule has 4 nitrogen and oxygen atoms in total. The number of nitrogens with one attached hydrogen (secondary N) is 1. The Morgan fingerprint density at radius 1 is 1.41 bits per heavy atom. The van der Waals surface area contributed by atoms with Crippen molar-refractivity contribution in [1.82, 2.24) is 5.32 Å². The molecule has 0 fully saturated rings. The summed E-state index contributed by atoms with van der Waals surface area (Å²) in [7, 11) is -1.09. The quantitative estimate of drug-likeness (QED) is 0.864. The van der Waals surface area contributed by atoms with Gasteiger partial charge in [0, 0.05) is 12.8 Å². The Morgan fingerprint density at radius 2 is 2.12 bits per heavy atom. The van der Waals surface area contributed by atoms with Crippen LogP contribution in [0.3, 0.4) is 0 Å². The Kier molecular flexibility index (Phi) is 5.42. The second-order valence-corrected chi connectivity index (χ2v) is 6.89. The summed E-state index contributed by atoms with van der Waals surface area (Å²) in [6, 6.07) is 5.72. The summed E-state index contributed by atoms with van der Waals surface area (Å²) in [6.07, 6.45) is 1.20. The molecule has 0 saturated heterocycles. The van der Waals surface area contributed by atoms with Gasteiger partial charge >= 0.3 is 0 Å². The Labute approximate surface area is 110 Å². The van der Waals surface area contributed by atoms with Crippen molar-refractivity contribution in [2.45, 2.75) is 6.54 Å². The summed E-state index contributed by atoms with van der Waals surface area (Å²) in [5.41, 5.74) is 1.13. The largest absolute Gasteiger partial charge is 0.491 e. The highest BCUT2D eigenvalue weighted by atomic mass is 79.9. The molecule has 0 radical (unpaired) electrons. The van der Waals surface area contributed by atoms with Crippen LogP contribution >= 0.6 is 15.9 Å². The van der Waals surface area contributed by atoms with Crippen LogP contribution in [-0.4, -0.2) is 34.1 Å². The normalized spacial score (nSPS) is 11.5. The molecule has 1 aromatic rings. The minimum atomic E-state index is -2.97. The third kappa shape index (κ3) is 5.52. The first-order valence-corrected chi connectivity index (χ1v) is 8.01. The van der Waals surface area contributed by atoms with Crippen LogP contribution in [0.5, 0.6) is 5.75 Å². The summed E-state index contributed by atoms with van der Waals surface area (Å²) in [4.78, 5) is 0. The molecule has 1 aromatic carbocycles. The monoisotopic (exact) mass is 321 g/mol. The fraction of sp³-hybridized carbons (Fsp3) is 0.455. The zero-order valence-electron chi connectivity index (χ0n) is 9.86. The summed E-state index contributed by atoms with van der Waals surface area (Å²) in [5.74, 6) is 0.686. The van der Waals surface area contributed by atoms with Gasteiger partial charge in [0.05, 0.1) is 10.2 Å². The maximum Gasteiger partial charge on any atom is 0.150 e. The molecular weight excluding hydrogens is 306 g/mol. The molecule has 0 unspecified atom stereocenters. The van der Waals surface area contributed by atoms with Gasteiger partial charge in [-0.25, -0.2) is 8.42 Å². The van der Waals surface area contributed by atoms with Crippen LogP contribution in [0.15, 0.2) is 22.7 Å². The van der Waals surface area contributed by atoms with Gasteiger partial charge < -0.3 is 10.1 Å². The lowest BCUT2D eigenvalue weighted by Gasteiger charge is -2.09. The number of sulfone groups is 1. The van der Waals surface area contributed by atoms with Crippen molar-refractivity contribution in [2.24, 2.45) is 0 Å². The zero-order valence-corrected chi connectivity index (χ0v) is 12.3.